The van der Waals surface area contributed by atoms with Gasteiger partial charge >= 0.3 is 0 Å². The third kappa shape index (κ3) is 6.17. The van der Waals surface area contributed by atoms with Crippen molar-refractivity contribution in [3.8, 4) is 0 Å². The van der Waals surface area contributed by atoms with Gasteiger partial charge in [0.25, 0.3) is 0 Å². The summed E-state index contributed by atoms with van der Waals surface area (Å²) in [5, 5.41) is 12.4. The van der Waals surface area contributed by atoms with E-state index in [0.717, 1.165) is 32.5 Å². The summed E-state index contributed by atoms with van der Waals surface area (Å²) in [5.41, 5.74) is 0. The first-order valence-corrected chi connectivity index (χ1v) is 7.43. The first kappa shape index (κ1) is 16.8. The van der Waals surface area contributed by atoms with Crippen molar-refractivity contribution in [3.05, 3.63) is 0 Å². The van der Waals surface area contributed by atoms with Crippen LogP contribution in [0, 0.1) is 0 Å². The van der Waals surface area contributed by atoms with Crippen LogP contribution >= 0.6 is 0 Å². The second-order valence-electron chi connectivity index (χ2n) is 5.54. The van der Waals surface area contributed by atoms with Gasteiger partial charge in [0, 0.05) is 19.1 Å². The zero-order chi connectivity index (χ0) is 14.3. The van der Waals surface area contributed by atoms with E-state index in [4.69, 9.17) is 4.74 Å². The first-order valence-electron chi connectivity index (χ1n) is 7.43. The van der Waals surface area contributed by atoms with Crippen LogP contribution in [0.4, 0.5) is 4.39 Å². The SMILES string of the molecule is CCC(O)NCCC[C@@H](CF)N1C[C@@H](C)O[C@@H](C)C1. The highest BCUT2D eigenvalue weighted by Gasteiger charge is 2.27. The van der Waals surface area contributed by atoms with Gasteiger partial charge in [0.15, 0.2) is 0 Å². The molecular weight excluding hydrogens is 247 g/mol. The molecule has 1 unspecified atom stereocenters. The van der Waals surface area contributed by atoms with Gasteiger partial charge in [-0.2, -0.15) is 0 Å². The Morgan fingerprint density at radius 1 is 1.37 bits per heavy atom. The van der Waals surface area contributed by atoms with Gasteiger partial charge in [-0.15, -0.1) is 0 Å². The number of halogens is 1. The van der Waals surface area contributed by atoms with Crippen molar-refractivity contribution < 1.29 is 14.2 Å². The van der Waals surface area contributed by atoms with E-state index in [1.165, 1.54) is 0 Å². The van der Waals surface area contributed by atoms with Crippen molar-refractivity contribution in [2.45, 2.75) is 64.5 Å². The molecule has 4 atom stereocenters. The van der Waals surface area contributed by atoms with E-state index in [1.807, 2.05) is 20.8 Å². The summed E-state index contributed by atoms with van der Waals surface area (Å²) in [6, 6.07) is -0.0191. The van der Waals surface area contributed by atoms with Crippen LogP contribution in [0.1, 0.15) is 40.0 Å². The zero-order valence-corrected chi connectivity index (χ0v) is 12.4. The van der Waals surface area contributed by atoms with Crippen LogP contribution in [0.3, 0.4) is 0 Å². The fraction of sp³-hybridized carbons (Fsp3) is 1.00. The van der Waals surface area contributed by atoms with Crippen LogP contribution in [-0.2, 0) is 4.74 Å². The smallest absolute Gasteiger partial charge is 0.105 e. The van der Waals surface area contributed by atoms with Gasteiger partial charge in [-0.3, -0.25) is 10.2 Å². The van der Waals surface area contributed by atoms with Crippen LogP contribution in [0.2, 0.25) is 0 Å². The molecule has 19 heavy (non-hydrogen) atoms. The molecule has 0 aromatic heterocycles. The van der Waals surface area contributed by atoms with Crippen LogP contribution < -0.4 is 5.32 Å². The molecule has 0 aromatic rings. The van der Waals surface area contributed by atoms with Gasteiger partial charge < -0.3 is 9.84 Å². The molecule has 1 fully saturated rings. The number of morpholine rings is 1. The fourth-order valence-corrected chi connectivity index (χ4v) is 2.62. The largest absolute Gasteiger partial charge is 0.379 e. The van der Waals surface area contributed by atoms with Gasteiger partial charge in [0.05, 0.1) is 12.2 Å². The van der Waals surface area contributed by atoms with Crippen molar-refractivity contribution >= 4 is 0 Å². The maximum atomic E-state index is 13.2. The maximum Gasteiger partial charge on any atom is 0.105 e. The summed E-state index contributed by atoms with van der Waals surface area (Å²) in [4.78, 5) is 2.20. The van der Waals surface area contributed by atoms with Gasteiger partial charge in [0.2, 0.25) is 0 Å². The van der Waals surface area contributed by atoms with Crippen LogP contribution in [0.25, 0.3) is 0 Å². The third-order valence-electron chi connectivity index (χ3n) is 3.62. The van der Waals surface area contributed by atoms with E-state index >= 15 is 0 Å². The zero-order valence-electron chi connectivity index (χ0n) is 12.4. The van der Waals surface area contributed by atoms with Crippen molar-refractivity contribution in [2.24, 2.45) is 0 Å². The van der Waals surface area contributed by atoms with E-state index in [1.54, 1.807) is 0 Å². The quantitative estimate of drug-likeness (QED) is 0.521. The molecule has 0 radical (unpaired) electrons. The predicted octanol–water partition coefficient (Wildman–Crippen LogP) is 1.53. The lowest BCUT2D eigenvalue weighted by Crippen LogP contribution is -2.51. The average Bonchev–Trinajstić information content (AvgIpc) is 2.37. The molecule has 0 amide bonds. The van der Waals surface area contributed by atoms with Gasteiger partial charge in [0.1, 0.15) is 12.9 Å². The molecule has 4 nitrogen and oxygen atoms in total. The lowest BCUT2D eigenvalue weighted by molar-refractivity contribution is -0.0835. The predicted molar refractivity (Wildman–Crippen MR) is 74.9 cm³/mol. The highest BCUT2D eigenvalue weighted by atomic mass is 19.1. The number of aliphatic hydroxyl groups excluding tert-OH is 1. The molecular formula is C14H29FN2O2. The molecule has 5 heteroatoms. The molecule has 1 rings (SSSR count). The molecule has 114 valence electrons. The minimum atomic E-state index is -0.438. The Morgan fingerprint density at radius 3 is 2.53 bits per heavy atom. The molecule has 0 bridgehead atoms. The van der Waals surface area contributed by atoms with Gasteiger partial charge in [-0.1, -0.05) is 6.92 Å². The van der Waals surface area contributed by atoms with E-state index < -0.39 is 6.23 Å². The molecule has 1 aliphatic heterocycles. The van der Waals surface area contributed by atoms with Crippen molar-refractivity contribution in [3.63, 3.8) is 0 Å². The Morgan fingerprint density at radius 2 is 2.00 bits per heavy atom. The van der Waals surface area contributed by atoms with E-state index in [9.17, 15) is 9.50 Å². The van der Waals surface area contributed by atoms with Crippen LogP contribution in [0.5, 0.6) is 0 Å². The number of hydrogen-bond acceptors (Lipinski definition) is 4. The maximum absolute atomic E-state index is 13.2. The number of hydrogen-bond donors (Lipinski definition) is 2. The summed E-state index contributed by atoms with van der Waals surface area (Å²) >= 11 is 0. The number of ether oxygens (including phenoxy) is 1. The summed E-state index contributed by atoms with van der Waals surface area (Å²) in [5.74, 6) is 0. The lowest BCUT2D eigenvalue weighted by atomic mass is 10.1. The Labute approximate surface area is 116 Å². The summed E-state index contributed by atoms with van der Waals surface area (Å²) in [6.07, 6.45) is 2.32. The number of nitrogens with one attached hydrogen (secondary N) is 1. The van der Waals surface area contributed by atoms with Crippen molar-refractivity contribution in [1.29, 1.82) is 0 Å². The Kier molecular flexibility index (Phi) is 7.83. The highest BCUT2D eigenvalue weighted by molar-refractivity contribution is 4.79. The van der Waals surface area contributed by atoms with E-state index in [2.05, 4.69) is 10.2 Å². The van der Waals surface area contributed by atoms with Crippen LogP contribution in [0.15, 0.2) is 0 Å². The molecule has 1 heterocycles. The Hall–Kier alpha value is -0.230. The molecule has 0 aromatic carbocycles. The molecule has 0 saturated carbocycles. The fourth-order valence-electron chi connectivity index (χ4n) is 2.62. The second kappa shape index (κ2) is 8.84. The number of nitrogens with zero attached hydrogens (tertiary/aromatic N) is 1. The van der Waals surface area contributed by atoms with E-state index in [0.29, 0.717) is 6.42 Å². The number of rotatable bonds is 8. The number of alkyl halides is 1. The summed E-state index contributed by atoms with van der Waals surface area (Å²) in [6.45, 7) is 8.05. The first-order chi connectivity index (χ1) is 9.06. The summed E-state index contributed by atoms with van der Waals surface area (Å²) in [7, 11) is 0. The molecule has 1 saturated heterocycles. The van der Waals surface area contributed by atoms with E-state index in [-0.39, 0.29) is 24.9 Å². The third-order valence-corrected chi connectivity index (χ3v) is 3.62. The standard InChI is InChI=1S/C14H29FN2O2/c1-4-14(18)16-7-5-6-13(8-15)17-9-11(2)19-12(3)10-17/h11-14,16,18H,4-10H2,1-3H3/t11-,12+,13-,14?/m0/s1. The Bertz CT molecular complexity index is 233. The summed E-state index contributed by atoms with van der Waals surface area (Å²) < 4.78 is 18.9. The lowest BCUT2D eigenvalue weighted by Gasteiger charge is -2.39. The monoisotopic (exact) mass is 276 g/mol. The average molecular weight is 276 g/mol. The Balaban J connectivity index is 2.28. The van der Waals surface area contributed by atoms with Crippen LogP contribution in [-0.4, -0.2) is 60.8 Å². The second-order valence-corrected chi connectivity index (χ2v) is 5.54. The minimum absolute atomic E-state index is 0.0191. The molecule has 0 aliphatic carbocycles. The van der Waals surface area contributed by atoms with Gasteiger partial charge in [-0.25, -0.2) is 4.39 Å². The molecule has 2 N–H and O–H groups in total. The topological polar surface area (TPSA) is 44.7 Å². The van der Waals surface area contributed by atoms with Crippen molar-refractivity contribution in [2.75, 3.05) is 26.3 Å². The van der Waals surface area contributed by atoms with Crippen molar-refractivity contribution in [1.82, 2.24) is 10.2 Å². The van der Waals surface area contributed by atoms with Gasteiger partial charge in [-0.05, 0) is 39.7 Å². The highest BCUT2D eigenvalue weighted by Crippen LogP contribution is 2.16. The molecule has 0 spiro atoms. The number of aliphatic hydroxyl groups is 1. The molecule has 1 aliphatic rings. The minimum Gasteiger partial charge on any atom is -0.379 e. The normalized spacial score (nSPS) is 28.3.